The standard InChI is InChI=1S/C22H28N2O4/c1-15(2)17-6-8-18(9-7-17)22(26)24-12-11-23-21(25)14-16-5-10-19(27-3)20(13-16)28-4/h5-10,13,15H,11-12,14H2,1-4H3,(H,23,25)(H,24,26). The first-order chi connectivity index (χ1) is 13.4. The van der Waals surface area contributed by atoms with E-state index in [-0.39, 0.29) is 18.2 Å². The van der Waals surface area contributed by atoms with Gasteiger partial charge in [0.05, 0.1) is 20.6 Å². The van der Waals surface area contributed by atoms with Crippen molar-refractivity contribution in [3.05, 3.63) is 59.2 Å². The first kappa shape index (κ1) is 21.3. The largest absolute Gasteiger partial charge is 0.493 e. The molecule has 6 heteroatoms. The Morgan fingerprint density at radius 3 is 2.14 bits per heavy atom. The Morgan fingerprint density at radius 2 is 1.54 bits per heavy atom. The van der Waals surface area contributed by atoms with Gasteiger partial charge < -0.3 is 20.1 Å². The SMILES string of the molecule is COc1ccc(CC(=O)NCCNC(=O)c2ccc(C(C)C)cc2)cc1OC. The van der Waals surface area contributed by atoms with E-state index >= 15 is 0 Å². The van der Waals surface area contributed by atoms with Gasteiger partial charge in [-0.1, -0.05) is 32.0 Å². The summed E-state index contributed by atoms with van der Waals surface area (Å²) in [7, 11) is 3.12. The number of ether oxygens (including phenoxy) is 2. The summed E-state index contributed by atoms with van der Waals surface area (Å²) in [6.07, 6.45) is 0.227. The van der Waals surface area contributed by atoms with Gasteiger partial charge in [-0.15, -0.1) is 0 Å². The van der Waals surface area contributed by atoms with Crippen LogP contribution in [0.2, 0.25) is 0 Å². The number of benzene rings is 2. The molecule has 28 heavy (non-hydrogen) atoms. The Labute approximate surface area is 166 Å². The van der Waals surface area contributed by atoms with Gasteiger partial charge in [0, 0.05) is 18.7 Å². The fourth-order valence-electron chi connectivity index (χ4n) is 2.74. The van der Waals surface area contributed by atoms with E-state index < -0.39 is 0 Å². The van der Waals surface area contributed by atoms with E-state index in [1.54, 1.807) is 26.4 Å². The Bertz CT molecular complexity index is 801. The maximum atomic E-state index is 12.1. The van der Waals surface area contributed by atoms with Crippen molar-refractivity contribution in [3.8, 4) is 11.5 Å². The highest BCUT2D eigenvalue weighted by atomic mass is 16.5. The average molecular weight is 384 g/mol. The van der Waals surface area contributed by atoms with Crippen LogP contribution in [0.25, 0.3) is 0 Å². The minimum atomic E-state index is -0.149. The van der Waals surface area contributed by atoms with Gasteiger partial charge in [-0.3, -0.25) is 9.59 Å². The van der Waals surface area contributed by atoms with Gasteiger partial charge in [0.2, 0.25) is 5.91 Å². The van der Waals surface area contributed by atoms with Crippen molar-refractivity contribution >= 4 is 11.8 Å². The fourth-order valence-corrected chi connectivity index (χ4v) is 2.74. The Morgan fingerprint density at radius 1 is 0.893 bits per heavy atom. The van der Waals surface area contributed by atoms with Crippen molar-refractivity contribution < 1.29 is 19.1 Å². The zero-order valence-corrected chi connectivity index (χ0v) is 16.9. The van der Waals surface area contributed by atoms with Crippen LogP contribution in [-0.4, -0.2) is 39.1 Å². The number of carbonyl (C=O) groups is 2. The molecule has 0 radical (unpaired) electrons. The van der Waals surface area contributed by atoms with Crippen LogP contribution in [0.3, 0.4) is 0 Å². The van der Waals surface area contributed by atoms with E-state index in [1.165, 1.54) is 5.56 Å². The molecule has 2 amide bonds. The van der Waals surface area contributed by atoms with Crippen LogP contribution < -0.4 is 20.1 Å². The second-order valence-corrected chi connectivity index (χ2v) is 6.75. The maximum Gasteiger partial charge on any atom is 0.251 e. The molecule has 2 N–H and O–H groups in total. The Kier molecular flexibility index (Phi) is 7.87. The predicted molar refractivity (Wildman–Crippen MR) is 109 cm³/mol. The topological polar surface area (TPSA) is 76.7 Å². The highest BCUT2D eigenvalue weighted by Crippen LogP contribution is 2.27. The lowest BCUT2D eigenvalue weighted by atomic mass is 10.0. The molecule has 0 aliphatic heterocycles. The number of carbonyl (C=O) groups excluding carboxylic acids is 2. The van der Waals surface area contributed by atoms with Crippen molar-refractivity contribution in [1.82, 2.24) is 10.6 Å². The summed E-state index contributed by atoms with van der Waals surface area (Å²) in [5, 5.41) is 5.61. The summed E-state index contributed by atoms with van der Waals surface area (Å²) in [5.74, 6) is 1.37. The highest BCUT2D eigenvalue weighted by Gasteiger charge is 2.09. The second kappa shape index (κ2) is 10.3. The smallest absolute Gasteiger partial charge is 0.251 e. The van der Waals surface area contributed by atoms with Crippen LogP contribution in [0.15, 0.2) is 42.5 Å². The van der Waals surface area contributed by atoms with Gasteiger partial charge in [0.25, 0.3) is 5.91 Å². The molecule has 0 spiro atoms. The molecule has 0 aliphatic carbocycles. The van der Waals surface area contributed by atoms with Crippen LogP contribution in [0.5, 0.6) is 11.5 Å². The molecule has 2 aromatic carbocycles. The monoisotopic (exact) mass is 384 g/mol. The number of amides is 2. The van der Waals surface area contributed by atoms with Crippen LogP contribution in [0.4, 0.5) is 0 Å². The van der Waals surface area contributed by atoms with Gasteiger partial charge in [-0.2, -0.15) is 0 Å². The van der Waals surface area contributed by atoms with E-state index in [0.717, 1.165) is 5.56 Å². The molecule has 0 unspecified atom stereocenters. The number of methoxy groups -OCH3 is 2. The van der Waals surface area contributed by atoms with Gasteiger partial charge in [-0.25, -0.2) is 0 Å². The van der Waals surface area contributed by atoms with E-state index in [9.17, 15) is 9.59 Å². The third-order valence-electron chi connectivity index (χ3n) is 4.38. The number of hydrogen-bond donors (Lipinski definition) is 2. The quantitative estimate of drug-likeness (QED) is 0.652. The van der Waals surface area contributed by atoms with Gasteiger partial charge in [0.1, 0.15) is 0 Å². The molecule has 2 aromatic rings. The van der Waals surface area contributed by atoms with Gasteiger partial charge in [0.15, 0.2) is 11.5 Å². The minimum absolute atomic E-state index is 0.122. The van der Waals surface area contributed by atoms with E-state index in [4.69, 9.17) is 9.47 Å². The van der Waals surface area contributed by atoms with Crippen molar-refractivity contribution in [2.75, 3.05) is 27.3 Å². The molecule has 150 valence electrons. The Balaban J connectivity index is 1.75. The average Bonchev–Trinajstić information content (AvgIpc) is 2.70. The Hall–Kier alpha value is -3.02. The zero-order chi connectivity index (χ0) is 20.5. The highest BCUT2D eigenvalue weighted by molar-refractivity contribution is 5.94. The first-order valence-electron chi connectivity index (χ1n) is 9.30. The van der Waals surface area contributed by atoms with Gasteiger partial charge in [-0.05, 0) is 41.3 Å². The molecule has 0 aromatic heterocycles. The van der Waals surface area contributed by atoms with Crippen LogP contribution in [0.1, 0.15) is 41.3 Å². The fraction of sp³-hybridized carbons (Fsp3) is 0.364. The van der Waals surface area contributed by atoms with Crippen molar-refractivity contribution in [2.24, 2.45) is 0 Å². The summed E-state index contributed by atoms with van der Waals surface area (Å²) in [5.41, 5.74) is 2.63. The maximum absolute atomic E-state index is 12.1. The third kappa shape index (κ3) is 6.01. The summed E-state index contributed by atoms with van der Waals surface area (Å²) in [4.78, 5) is 24.2. The summed E-state index contributed by atoms with van der Waals surface area (Å²) >= 11 is 0. The summed E-state index contributed by atoms with van der Waals surface area (Å²) in [6.45, 7) is 4.95. The lowest BCUT2D eigenvalue weighted by Crippen LogP contribution is -2.35. The van der Waals surface area contributed by atoms with E-state index in [0.29, 0.717) is 36.1 Å². The molecule has 6 nitrogen and oxygen atoms in total. The number of hydrogen-bond acceptors (Lipinski definition) is 4. The molecule has 2 rings (SSSR count). The molecular weight excluding hydrogens is 356 g/mol. The molecule has 0 atom stereocenters. The van der Waals surface area contributed by atoms with E-state index in [1.807, 2.05) is 30.3 Å². The lowest BCUT2D eigenvalue weighted by Gasteiger charge is -2.10. The van der Waals surface area contributed by atoms with Crippen molar-refractivity contribution in [3.63, 3.8) is 0 Å². The van der Waals surface area contributed by atoms with E-state index in [2.05, 4.69) is 24.5 Å². The molecule has 0 bridgehead atoms. The van der Waals surface area contributed by atoms with Crippen LogP contribution >= 0.6 is 0 Å². The summed E-state index contributed by atoms with van der Waals surface area (Å²) < 4.78 is 10.4. The van der Waals surface area contributed by atoms with Crippen molar-refractivity contribution in [2.45, 2.75) is 26.2 Å². The molecule has 0 fully saturated rings. The zero-order valence-electron chi connectivity index (χ0n) is 16.9. The molecule has 0 saturated heterocycles. The molecule has 0 aliphatic rings. The molecule has 0 heterocycles. The predicted octanol–water partition coefficient (Wildman–Crippen LogP) is 2.92. The number of nitrogens with one attached hydrogen (secondary N) is 2. The first-order valence-corrected chi connectivity index (χ1v) is 9.30. The number of rotatable bonds is 9. The molecule has 0 saturated carbocycles. The van der Waals surface area contributed by atoms with Gasteiger partial charge >= 0.3 is 0 Å². The summed E-state index contributed by atoms with van der Waals surface area (Å²) in [6, 6.07) is 12.9. The van der Waals surface area contributed by atoms with Crippen LogP contribution in [-0.2, 0) is 11.2 Å². The van der Waals surface area contributed by atoms with Crippen molar-refractivity contribution in [1.29, 1.82) is 0 Å². The normalized spacial score (nSPS) is 10.5. The minimum Gasteiger partial charge on any atom is -0.493 e. The third-order valence-corrected chi connectivity index (χ3v) is 4.38. The second-order valence-electron chi connectivity index (χ2n) is 6.75. The lowest BCUT2D eigenvalue weighted by molar-refractivity contribution is -0.120. The molecular formula is C22H28N2O4. The van der Waals surface area contributed by atoms with Crippen LogP contribution in [0, 0.1) is 0 Å².